The second kappa shape index (κ2) is 31.5. The smallest absolute Gasteiger partial charge is 0.287 e. The van der Waals surface area contributed by atoms with Crippen molar-refractivity contribution >= 4 is 71.1 Å². The predicted molar refractivity (Wildman–Crippen MR) is 274 cm³/mol. The van der Waals surface area contributed by atoms with Gasteiger partial charge in [0, 0.05) is 25.6 Å². The van der Waals surface area contributed by atoms with E-state index in [1.165, 1.54) is 6.92 Å². The summed E-state index contributed by atoms with van der Waals surface area (Å²) < 4.78 is 5.03. The van der Waals surface area contributed by atoms with Gasteiger partial charge in [0.2, 0.25) is 47.3 Å². The molecule has 1 aliphatic heterocycles. The van der Waals surface area contributed by atoms with Gasteiger partial charge in [0.15, 0.2) is 5.76 Å². The Hall–Kier alpha value is -6.59. The molecule has 0 saturated carbocycles. The van der Waals surface area contributed by atoms with Crippen molar-refractivity contribution in [3.05, 3.63) is 59.0 Å². The number of benzene rings is 1. The van der Waals surface area contributed by atoms with E-state index < -0.39 is 145 Å². The van der Waals surface area contributed by atoms with Gasteiger partial charge < -0.3 is 94.9 Å². The molecule has 0 radical (unpaired) electrons. The highest BCUT2D eigenvalue weighted by atomic mass is 35.5. The van der Waals surface area contributed by atoms with Crippen LogP contribution in [0.3, 0.4) is 0 Å². The van der Waals surface area contributed by atoms with Gasteiger partial charge in [0.1, 0.15) is 66.4 Å². The molecule has 2 heterocycles. The van der Waals surface area contributed by atoms with Crippen LogP contribution >= 0.6 is 11.6 Å². The number of carbonyl (C=O) groups excluding carboxylic acids is 10. The molecule has 76 heavy (non-hydrogen) atoms. The van der Waals surface area contributed by atoms with Gasteiger partial charge >= 0.3 is 0 Å². The molecule has 9 amide bonds. The normalized spacial score (nSPS) is 24.4. The quantitative estimate of drug-likeness (QED) is 0.0550. The SMILES string of the molecule is CC(C)C[C@@H]1NC(=O)[C@@H](Cc2ccccc2)NC(=O)[C@H](CCN)NC(=O)[C@@H](NC(=O)[C@@H](CO)NC(=O)[C@@H](NC(=O)c2cc(Cl)co2)[C@@H](C)O)CCNC(=O)[C@H]([C@@H](C)O)NCC(C=O)(CCN)NC(=O)[C@H](CCN)NC1=O. The average molecular weight is 1090 g/mol. The van der Waals surface area contributed by atoms with Crippen molar-refractivity contribution in [2.75, 3.05) is 39.3 Å². The van der Waals surface area contributed by atoms with Crippen LogP contribution in [0.25, 0.3) is 0 Å². The van der Waals surface area contributed by atoms with E-state index >= 15 is 0 Å². The Labute approximate surface area is 444 Å². The van der Waals surface area contributed by atoms with Crippen LogP contribution in [0.4, 0.5) is 0 Å². The van der Waals surface area contributed by atoms with Crippen molar-refractivity contribution in [1.82, 2.24) is 53.2 Å². The standard InChI is InChI=1S/C48H74ClN13O14/c1-25(2)18-33-41(69)56-31(11-15-51)44(72)62-48(24-64,13-16-52)23-54-37(26(3)65)46(74)53-17-12-32(40(68)55-30(10-14-50)39(67)59-34(42(70)58-33)19-28-8-6-5-7-9-28)57-43(71)35(21-63)60-47(75)38(27(4)66)61-45(73)36-20-29(49)22-76-36/h5-9,20,22,24-27,30-35,37-38,54,63,65-66H,10-19,21,23,50-52H2,1-4H3,(H,53,74)(H,55,68)(H,56,69)(H,57,71)(H,58,70)(H,59,67)(H,60,75)(H,61,73)(H,62,72)/t26-,27-,30+,31+,32+,33+,34-,35-,37+,38+,48?/m1/s1. The fourth-order valence-electron chi connectivity index (χ4n) is 7.91. The summed E-state index contributed by atoms with van der Waals surface area (Å²) in [6, 6.07) is -2.74. The van der Waals surface area contributed by atoms with E-state index in [0.29, 0.717) is 11.8 Å². The third-order valence-electron chi connectivity index (χ3n) is 12.0. The highest BCUT2D eigenvalue weighted by molar-refractivity contribution is 6.30. The molecular formula is C48H74ClN13O14. The highest BCUT2D eigenvalue weighted by Gasteiger charge is 2.39. The second-order valence-corrected chi connectivity index (χ2v) is 19.3. The molecule has 3 rings (SSSR count). The molecule has 1 aliphatic rings. The molecule has 0 spiro atoms. The number of nitrogens with two attached hydrogens (primary N) is 3. The molecule has 28 heteroatoms. The monoisotopic (exact) mass is 1090 g/mol. The lowest BCUT2D eigenvalue weighted by atomic mass is 9.94. The first-order chi connectivity index (χ1) is 36.0. The molecule has 1 aromatic carbocycles. The highest BCUT2D eigenvalue weighted by Crippen LogP contribution is 2.15. The number of aliphatic hydroxyl groups excluding tert-OH is 3. The van der Waals surface area contributed by atoms with Crippen LogP contribution in [0.2, 0.25) is 5.02 Å². The summed E-state index contributed by atoms with van der Waals surface area (Å²) >= 11 is 5.83. The lowest BCUT2D eigenvalue weighted by Crippen LogP contribution is -2.64. The number of aliphatic hydroxyl groups is 3. The molecule has 422 valence electrons. The summed E-state index contributed by atoms with van der Waals surface area (Å²) in [4.78, 5) is 138. The first-order valence-electron chi connectivity index (χ1n) is 24.8. The van der Waals surface area contributed by atoms with Gasteiger partial charge in [-0.3, -0.25) is 43.2 Å². The first-order valence-corrected chi connectivity index (χ1v) is 25.2. The number of hydrogen-bond acceptors (Lipinski definition) is 18. The van der Waals surface area contributed by atoms with Crippen molar-refractivity contribution in [1.29, 1.82) is 0 Å². The maximum Gasteiger partial charge on any atom is 0.287 e. The molecule has 11 atom stereocenters. The molecule has 2 aromatic rings. The van der Waals surface area contributed by atoms with Gasteiger partial charge in [-0.1, -0.05) is 55.8 Å². The zero-order chi connectivity index (χ0) is 56.7. The number of rotatable bonds is 20. The fraction of sp³-hybridized carbons (Fsp3) is 0.583. The number of aldehydes is 1. The molecule has 27 nitrogen and oxygen atoms in total. The zero-order valence-corrected chi connectivity index (χ0v) is 43.7. The van der Waals surface area contributed by atoms with E-state index in [0.717, 1.165) is 19.3 Å². The third-order valence-corrected chi connectivity index (χ3v) is 12.2. The van der Waals surface area contributed by atoms with Crippen LogP contribution in [-0.2, 0) is 49.6 Å². The van der Waals surface area contributed by atoms with Gasteiger partial charge in [0.25, 0.3) is 5.91 Å². The van der Waals surface area contributed by atoms with Crippen molar-refractivity contribution in [2.45, 2.75) is 132 Å². The molecule has 0 aliphatic carbocycles. The van der Waals surface area contributed by atoms with E-state index in [1.807, 2.05) is 0 Å². The van der Waals surface area contributed by atoms with Crippen LogP contribution in [0, 0.1) is 5.92 Å². The fourth-order valence-corrected chi connectivity index (χ4v) is 8.05. The first kappa shape index (κ1) is 63.7. The van der Waals surface area contributed by atoms with E-state index in [9.17, 15) is 63.3 Å². The van der Waals surface area contributed by atoms with Gasteiger partial charge in [-0.2, -0.15) is 0 Å². The summed E-state index contributed by atoms with van der Waals surface area (Å²) in [7, 11) is 0. The van der Waals surface area contributed by atoms with Gasteiger partial charge in [-0.05, 0) is 77.1 Å². The van der Waals surface area contributed by atoms with E-state index in [2.05, 4.69) is 53.2 Å². The van der Waals surface area contributed by atoms with Gasteiger partial charge in [0.05, 0.1) is 23.8 Å². The average Bonchev–Trinajstić information content (AvgIpc) is 3.81. The van der Waals surface area contributed by atoms with Crippen molar-refractivity contribution in [2.24, 2.45) is 23.1 Å². The van der Waals surface area contributed by atoms with Crippen LogP contribution in [0.1, 0.15) is 75.9 Å². The lowest BCUT2D eigenvalue weighted by Gasteiger charge is -2.33. The van der Waals surface area contributed by atoms with Crippen molar-refractivity contribution in [3.8, 4) is 0 Å². The Balaban J connectivity index is 2.11. The molecule has 1 fully saturated rings. The van der Waals surface area contributed by atoms with E-state index in [4.69, 9.17) is 33.2 Å². The zero-order valence-electron chi connectivity index (χ0n) is 42.9. The minimum Gasteiger partial charge on any atom is -0.458 e. The molecule has 1 unspecified atom stereocenters. The van der Waals surface area contributed by atoms with Gasteiger partial charge in [-0.25, -0.2) is 0 Å². The summed E-state index contributed by atoms with van der Waals surface area (Å²) in [5.74, 6) is -9.27. The summed E-state index contributed by atoms with van der Waals surface area (Å²) in [5.41, 5.74) is 16.4. The Morgan fingerprint density at radius 3 is 1.95 bits per heavy atom. The number of amides is 9. The largest absolute Gasteiger partial charge is 0.458 e. The Kier molecular flexibility index (Phi) is 26.4. The molecule has 19 N–H and O–H groups in total. The topological polar surface area (TPSA) is 443 Å². The Bertz CT molecular complexity index is 2290. The number of hydrogen-bond donors (Lipinski definition) is 16. The number of carbonyl (C=O) groups is 10. The van der Waals surface area contributed by atoms with Crippen molar-refractivity contribution < 1.29 is 67.7 Å². The summed E-state index contributed by atoms with van der Waals surface area (Å²) in [5, 5.41) is 56.8. The minimum atomic E-state index is -1.85. The minimum absolute atomic E-state index is 0.0394. The maximum atomic E-state index is 14.4. The summed E-state index contributed by atoms with van der Waals surface area (Å²) in [6.07, 6.45) is -2.74. The van der Waals surface area contributed by atoms with E-state index in [-0.39, 0.29) is 68.4 Å². The molecule has 1 aromatic heterocycles. The maximum absolute atomic E-state index is 14.4. The van der Waals surface area contributed by atoms with Crippen LogP contribution in [-0.4, -0.2) is 180 Å². The van der Waals surface area contributed by atoms with Crippen LogP contribution in [0.15, 0.2) is 47.1 Å². The molecular weight excluding hydrogens is 1020 g/mol. The second-order valence-electron chi connectivity index (χ2n) is 18.8. The molecule has 1 saturated heterocycles. The van der Waals surface area contributed by atoms with Crippen LogP contribution < -0.4 is 70.4 Å². The lowest BCUT2D eigenvalue weighted by molar-refractivity contribution is -0.136. The Morgan fingerprint density at radius 1 is 0.803 bits per heavy atom. The summed E-state index contributed by atoms with van der Waals surface area (Å²) in [6.45, 7) is 3.45. The van der Waals surface area contributed by atoms with E-state index in [1.54, 1.807) is 44.2 Å². The third kappa shape index (κ3) is 19.8. The molecule has 0 bridgehead atoms. The predicted octanol–water partition coefficient (Wildman–Crippen LogP) is -5.44. The number of furan rings is 1. The van der Waals surface area contributed by atoms with Crippen LogP contribution in [0.5, 0.6) is 0 Å². The van der Waals surface area contributed by atoms with Crippen molar-refractivity contribution in [3.63, 3.8) is 0 Å². The van der Waals surface area contributed by atoms with Gasteiger partial charge in [-0.15, -0.1) is 0 Å². The number of nitrogens with one attached hydrogen (secondary N) is 10. The number of halogens is 1. The Morgan fingerprint density at radius 2 is 1.39 bits per heavy atom.